The molecular weight excluding hydrogens is 294 g/mol. The predicted molar refractivity (Wildman–Crippen MR) is 92.7 cm³/mol. The second kappa shape index (κ2) is 6.54. The summed E-state index contributed by atoms with van der Waals surface area (Å²) in [5.74, 6) is 0.775. The number of hydrogen-bond acceptors (Lipinski definition) is 2. The summed E-state index contributed by atoms with van der Waals surface area (Å²) in [6.45, 7) is 0. The molecule has 22 heavy (non-hydrogen) atoms. The van der Waals surface area contributed by atoms with Crippen molar-refractivity contribution >= 4 is 28.7 Å². The summed E-state index contributed by atoms with van der Waals surface area (Å²) in [6.07, 6.45) is 0. The van der Waals surface area contributed by atoms with E-state index < -0.39 is 0 Å². The Labute approximate surface area is 135 Å². The highest BCUT2D eigenvalue weighted by atomic mass is 35.5. The van der Waals surface area contributed by atoms with Gasteiger partial charge in [-0.1, -0.05) is 48.0 Å². The van der Waals surface area contributed by atoms with Crippen LogP contribution in [0, 0.1) is 0 Å². The van der Waals surface area contributed by atoms with Crippen molar-refractivity contribution in [3.05, 3.63) is 83.9 Å². The van der Waals surface area contributed by atoms with Gasteiger partial charge in [0.2, 0.25) is 0 Å². The fourth-order valence-electron chi connectivity index (χ4n) is 2.42. The molecule has 0 atom stereocenters. The normalized spacial score (nSPS) is 10.3. The predicted octanol–water partition coefficient (Wildman–Crippen LogP) is 5.82. The smallest absolute Gasteiger partial charge is 0.142 e. The quantitative estimate of drug-likeness (QED) is 0.602. The second-order valence-corrected chi connectivity index (χ2v) is 5.26. The molecule has 0 radical (unpaired) electrons. The zero-order valence-corrected chi connectivity index (χ0v) is 13.0. The highest BCUT2D eigenvalue weighted by molar-refractivity contribution is 6.31. The van der Waals surface area contributed by atoms with Gasteiger partial charge in [0.25, 0.3) is 0 Å². The minimum atomic E-state index is 0.674. The summed E-state index contributed by atoms with van der Waals surface area (Å²) in [7, 11) is 1.67. The number of rotatable bonds is 4. The molecule has 0 spiro atoms. The first-order chi connectivity index (χ1) is 10.8. The van der Waals surface area contributed by atoms with Crippen LogP contribution in [0.15, 0.2) is 78.9 Å². The molecular formula is C19H16ClNO. The summed E-state index contributed by atoms with van der Waals surface area (Å²) >= 11 is 6.21. The summed E-state index contributed by atoms with van der Waals surface area (Å²) in [6, 6.07) is 26.0. The summed E-state index contributed by atoms with van der Waals surface area (Å²) in [5.41, 5.74) is 3.01. The molecule has 0 aliphatic heterocycles. The molecule has 2 nitrogen and oxygen atoms in total. The molecule has 0 aliphatic carbocycles. The van der Waals surface area contributed by atoms with Crippen molar-refractivity contribution in [3.63, 3.8) is 0 Å². The molecule has 110 valence electrons. The monoisotopic (exact) mass is 309 g/mol. The van der Waals surface area contributed by atoms with Gasteiger partial charge in [0.15, 0.2) is 0 Å². The van der Waals surface area contributed by atoms with E-state index in [1.54, 1.807) is 7.11 Å². The van der Waals surface area contributed by atoms with Crippen LogP contribution in [0.4, 0.5) is 17.1 Å². The standard InChI is InChI=1S/C19H16ClNO/c1-22-19-13-12-15(20)14-18(19)21(16-8-4-2-5-9-16)17-10-6-3-7-11-17/h2-14H,1H3. The van der Waals surface area contributed by atoms with E-state index in [4.69, 9.17) is 16.3 Å². The maximum atomic E-state index is 6.21. The van der Waals surface area contributed by atoms with E-state index in [1.807, 2.05) is 54.6 Å². The van der Waals surface area contributed by atoms with E-state index in [0.29, 0.717) is 5.02 Å². The van der Waals surface area contributed by atoms with E-state index in [1.165, 1.54) is 0 Å². The zero-order chi connectivity index (χ0) is 15.4. The van der Waals surface area contributed by atoms with Gasteiger partial charge in [-0.25, -0.2) is 0 Å². The molecule has 0 saturated heterocycles. The van der Waals surface area contributed by atoms with E-state index in [0.717, 1.165) is 22.8 Å². The molecule has 0 amide bonds. The molecule has 0 unspecified atom stereocenters. The number of methoxy groups -OCH3 is 1. The first-order valence-electron chi connectivity index (χ1n) is 7.03. The zero-order valence-electron chi connectivity index (χ0n) is 12.2. The van der Waals surface area contributed by atoms with Crippen LogP contribution in [-0.4, -0.2) is 7.11 Å². The Morgan fingerprint density at radius 1 is 0.773 bits per heavy atom. The number of anilines is 3. The first-order valence-corrected chi connectivity index (χ1v) is 7.41. The van der Waals surface area contributed by atoms with E-state index in [-0.39, 0.29) is 0 Å². The molecule has 3 aromatic rings. The Morgan fingerprint density at radius 3 is 1.82 bits per heavy atom. The van der Waals surface area contributed by atoms with Crippen molar-refractivity contribution in [1.29, 1.82) is 0 Å². The number of hydrogen-bond donors (Lipinski definition) is 0. The van der Waals surface area contributed by atoms with Crippen molar-refractivity contribution in [2.45, 2.75) is 0 Å². The Morgan fingerprint density at radius 2 is 1.32 bits per heavy atom. The van der Waals surface area contributed by atoms with Crippen LogP contribution in [-0.2, 0) is 0 Å². The highest BCUT2D eigenvalue weighted by Crippen LogP contribution is 2.40. The number of benzene rings is 3. The van der Waals surface area contributed by atoms with Gasteiger partial charge in [0, 0.05) is 16.4 Å². The first kappa shape index (κ1) is 14.5. The molecule has 0 saturated carbocycles. The largest absolute Gasteiger partial charge is 0.495 e. The highest BCUT2D eigenvalue weighted by Gasteiger charge is 2.16. The Kier molecular flexibility index (Phi) is 4.31. The molecule has 3 aromatic carbocycles. The van der Waals surface area contributed by atoms with Crippen molar-refractivity contribution in [2.24, 2.45) is 0 Å². The average Bonchev–Trinajstić information content (AvgIpc) is 2.57. The Bertz CT molecular complexity index is 704. The van der Waals surface area contributed by atoms with Gasteiger partial charge in [-0.05, 0) is 42.5 Å². The van der Waals surface area contributed by atoms with Crippen molar-refractivity contribution < 1.29 is 4.74 Å². The van der Waals surface area contributed by atoms with E-state index in [9.17, 15) is 0 Å². The molecule has 0 aliphatic rings. The minimum absolute atomic E-state index is 0.674. The van der Waals surface area contributed by atoms with E-state index >= 15 is 0 Å². The lowest BCUT2D eigenvalue weighted by molar-refractivity contribution is 0.416. The fourth-order valence-corrected chi connectivity index (χ4v) is 2.59. The van der Waals surface area contributed by atoms with E-state index in [2.05, 4.69) is 29.2 Å². The molecule has 3 heteroatoms. The van der Waals surface area contributed by atoms with Gasteiger partial charge in [-0.3, -0.25) is 0 Å². The number of halogens is 1. The number of ether oxygens (including phenoxy) is 1. The van der Waals surface area contributed by atoms with Gasteiger partial charge in [0.05, 0.1) is 12.8 Å². The molecule has 0 bridgehead atoms. The van der Waals surface area contributed by atoms with Crippen LogP contribution in [0.3, 0.4) is 0 Å². The SMILES string of the molecule is COc1ccc(Cl)cc1N(c1ccccc1)c1ccccc1. The van der Waals surface area contributed by atoms with Gasteiger partial charge in [-0.2, -0.15) is 0 Å². The van der Waals surface area contributed by atoms with Crippen LogP contribution < -0.4 is 9.64 Å². The maximum Gasteiger partial charge on any atom is 0.142 e. The van der Waals surface area contributed by atoms with Crippen molar-refractivity contribution in [2.75, 3.05) is 12.0 Å². The summed E-state index contributed by atoms with van der Waals surface area (Å²) in [5, 5.41) is 0.674. The van der Waals surface area contributed by atoms with Crippen LogP contribution >= 0.6 is 11.6 Å². The van der Waals surface area contributed by atoms with Crippen LogP contribution in [0.25, 0.3) is 0 Å². The van der Waals surface area contributed by atoms with Crippen LogP contribution in [0.5, 0.6) is 5.75 Å². The van der Waals surface area contributed by atoms with Gasteiger partial charge in [-0.15, -0.1) is 0 Å². The third kappa shape index (κ3) is 2.92. The topological polar surface area (TPSA) is 12.5 Å². The lowest BCUT2D eigenvalue weighted by Gasteiger charge is -2.27. The summed E-state index contributed by atoms with van der Waals surface area (Å²) < 4.78 is 5.52. The fraction of sp³-hybridized carbons (Fsp3) is 0.0526. The van der Waals surface area contributed by atoms with Gasteiger partial charge >= 0.3 is 0 Å². The minimum Gasteiger partial charge on any atom is -0.495 e. The lowest BCUT2D eigenvalue weighted by atomic mass is 10.2. The number of para-hydroxylation sites is 2. The van der Waals surface area contributed by atoms with Gasteiger partial charge in [0.1, 0.15) is 5.75 Å². The molecule has 0 fully saturated rings. The molecule has 0 aromatic heterocycles. The van der Waals surface area contributed by atoms with Crippen LogP contribution in [0.2, 0.25) is 5.02 Å². The van der Waals surface area contributed by atoms with Crippen LogP contribution in [0.1, 0.15) is 0 Å². The molecule has 3 rings (SSSR count). The van der Waals surface area contributed by atoms with Gasteiger partial charge < -0.3 is 9.64 Å². The van der Waals surface area contributed by atoms with Crippen molar-refractivity contribution in [1.82, 2.24) is 0 Å². The Balaban J connectivity index is 2.21. The Hall–Kier alpha value is -2.45. The average molecular weight is 310 g/mol. The maximum absolute atomic E-state index is 6.21. The molecule has 0 heterocycles. The lowest BCUT2D eigenvalue weighted by Crippen LogP contribution is -2.11. The third-order valence-electron chi connectivity index (χ3n) is 3.41. The number of nitrogens with zero attached hydrogens (tertiary/aromatic N) is 1. The third-order valence-corrected chi connectivity index (χ3v) is 3.65. The summed E-state index contributed by atoms with van der Waals surface area (Å²) in [4.78, 5) is 2.13. The molecule has 0 N–H and O–H groups in total. The van der Waals surface area contributed by atoms with Crippen molar-refractivity contribution in [3.8, 4) is 5.75 Å². The second-order valence-electron chi connectivity index (χ2n) is 4.82.